The second kappa shape index (κ2) is 7.49. The number of esters is 2. The highest BCUT2D eigenvalue weighted by Gasteiger charge is 2.71. The van der Waals surface area contributed by atoms with Gasteiger partial charge in [0.1, 0.15) is 6.10 Å². The molecule has 0 amide bonds. The molecule has 0 bridgehead atoms. The molecule has 0 saturated heterocycles. The van der Waals surface area contributed by atoms with Crippen LogP contribution in [0.25, 0.3) is 0 Å². The highest BCUT2D eigenvalue weighted by atomic mass is 19.1. The van der Waals surface area contributed by atoms with Crippen LogP contribution in [0.15, 0.2) is 35.5 Å². The lowest BCUT2D eigenvalue weighted by Gasteiger charge is -2.62. The molecule has 0 aromatic heterocycles. The van der Waals surface area contributed by atoms with Gasteiger partial charge in [0.05, 0.1) is 0 Å². The first-order valence-electron chi connectivity index (χ1n) is 11.1. The second-order valence-corrected chi connectivity index (χ2v) is 9.90. The van der Waals surface area contributed by atoms with Crippen LogP contribution in [-0.4, -0.2) is 41.9 Å². The van der Waals surface area contributed by atoms with Crippen molar-refractivity contribution in [2.45, 2.75) is 65.2 Å². The maximum atomic E-state index is 17.4. The van der Waals surface area contributed by atoms with Gasteiger partial charge in [0.25, 0.3) is 0 Å². The first kappa shape index (κ1) is 22.6. The number of halogens is 1. The van der Waals surface area contributed by atoms with Gasteiger partial charge in [-0.2, -0.15) is 0 Å². The summed E-state index contributed by atoms with van der Waals surface area (Å²) in [6.07, 6.45) is 7.03. The molecule has 6 atom stereocenters. The number of hydrogen-bond acceptors (Lipinski definition) is 6. The number of ketones is 2. The Morgan fingerprint density at radius 1 is 1.16 bits per heavy atom. The van der Waals surface area contributed by atoms with Crippen molar-refractivity contribution in [3.8, 4) is 0 Å². The number of fused-ring (bicyclic) bond motifs is 5. The van der Waals surface area contributed by atoms with Gasteiger partial charge in [0, 0.05) is 36.2 Å². The molecule has 0 spiro atoms. The molecule has 0 aliphatic heterocycles. The van der Waals surface area contributed by atoms with Crippen molar-refractivity contribution >= 4 is 23.5 Å². The molecule has 2 saturated carbocycles. The molecular formula is C25H29FO6. The number of Topliss-reactive ketones (excluding diaryl/α,β-unsaturated/α-hetero) is 1. The molecule has 0 N–H and O–H groups in total. The lowest BCUT2D eigenvalue weighted by atomic mass is 9.45. The Bertz CT molecular complexity index is 992. The average molecular weight is 444 g/mol. The average Bonchev–Trinajstić information content (AvgIpc) is 3.04. The fourth-order valence-corrected chi connectivity index (χ4v) is 6.75. The zero-order valence-corrected chi connectivity index (χ0v) is 18.9. The molecule has 4 aliphatic carbocycles. The van der Waals surface area contributed by atoms with Crippen molar-refractivity contribution in [2.24, 2.45) is 22.7 Å². The van der Waals surface area contributed by atoms with Crippen LogP contribution in [0, 0.1) is 22.7 Å². The first-order valence-corrected chi connectivity index (χ1v) is 11.1. The third kappa shape index (κ3) is 3.11. The molecule has 0 aromatic carbocycles. The number of allylic oxidation sites excluding steroid dienone is 5. The number of hydrogen-bond donors (Lipinski definition) is 0. The van der Waals surface area contributed by atoms with Gasteiger partial charge in [-0.25, -0.2) is 4.39 Å². The first-order chi connectivity index (χ1) is 14.9. The fourth-order valence-electron chi connectivity index (χ4n) is 6.75. The van der Waals surface area contributed by atoms with Crippen molar-refractivity contribution < 1.29 is 33.0 Å². The predicted molar refractivity (Wildman–Crippen MR) is 113 cm³/mol. The maximum Gasteiger partial charge on any atom is 0.303 e. The van der Waals surface area contributed by atoms with Gasteiger partial charge in [-0.3, -0.25) is 19.2 Å². The van der Waals surface area contributed by atoms with Crippen molar-refractivity contribution in [3.63, 3.8) is 0 Å². The van der Waals surface area contributed by atoms with Gasteiger partial charge in [0.15, 0.2) is 23.8 Å². The Labute approximate surface area is 186 Å². The Kier molecular flexibility index (Phi) is 5.30. The van der Waals surface area contributed by atoms with E-state index >= 15 is 4.39 Å². The Morgan fingerprint density at radius 2 is 1.88 bits per heavy atom. The summed E-state index contributed by atoms with van der Waals surface area (Å²) in [5.41, 5.74) is -2.45. The van der Waals surface area contributed by atoms with Crippen molar-refractivity contribution in [2.75, 3.05) is 6.61 Å². The van der Waals surface area contributed by atoms with E-state index in [1.54, 1.807) is 13.0 Å². The maximum absolute atomic E-state index is 17.4. The standard InChI is InChI=1S/C25H29FO6/c1-14(27)31-13-21(30)20-8-7-18-19-6-5-16-11-17(29)9-10-24(16,4)25(19,26)22(32-15(2)28)12-23(18,20)3/h8-11,18-19,22H,5-7,12-13H2,1-4H3/t18-,19-,22-,23-,24-,25-/m0/s1. The van der Waals surface area contributed by atoms with Crippen LogP contribution < -0.4 is 0 Å². The van der Waals surface area contributed by atoms with E-state index in [2.05, 4.69) is 0 Å². The van der Waals surface area contributed by atoms with Crippen LogP contribution in [0.4, 0.5) is 4.39 Å². The van der Waals surface area contributed by atoms with E-state index in [1.165, 1.54) is 26.0 Å². The summed E-state index contributed by atoms with van der Waals surface area (Å²) in [4.78, 5) is 48.1. The van der Waals surface area contributed by atoms with E-state index in [4.69, 9.17) is 9.47 Å². The Balaban J connectivity index is 1.76. The van der Waals surface area contributed by atoms with Gasteiger partial charge in [-0.05, 0) is 50.7 Å². The molecule has 0 radical (unpaired) electrons. The van der Waals surface area contributed by atoms with Gasteiger partial charge >= 0.3 is 11.9 Å². The van der Waals surface area contributed by atoms with Crippen LogP contribution in [-0.2, 0) is 28.7 Å². The summed E-state index contributed by atoms with van der Waals surface area (Å²) < 4.78 is 28.0. The smallest absolute Gasteiger partial charge is 0.303 e. The Hall–Kier alpha value is -2.57. The molecular weight excluding hydrogens is 415 g/mol. The van der Waals surface area contributed by atoms with Crippen LogP contribution in [0.1, 0.15) is 53.4 Å². The molecule has 4 rings (SSSR count). The van der Waals surface area contributed by atoms with E-state index in [-0.39, 0.29) is 30.5 Å². The van der Waals surface area contributed by atoms with Crippen molar-refractivity contribution in [3.05, 3.63) is 35.5 Å². The molecule has 6 nitrogen and oxygen atoms in total. The second-order valence-electron chi connectivity index (χ2n) is 9.90. The monoisotopic (exact) mass is 444 g/mol. The summed E-state index contributed by atoms with van der Waals surface area (Å²) in [7, 11) is 0. The summed E-state index contributed by atoms with van der Waals surface area (Å²) in [6, 6.07) is 0. The lowest BCUT2D eigenvalue weighted by Crippen LogP contribution is -2.67. The molecule has 7 heteroatoms. The SMILES string of the molecule is CC(=O)OCC(=O)C1=CC[C@H]2[C@@H]3CCC4=CC(=O)C=C[C@]4(C)[C@@]3(F)[C@@H](OC(C)=O)C[C@]12C. The van der Waals surface area contributed by atoms with E-state index < -0.39 is 40.5 Å². The van der Waals surface area contributed by atoms with E-state index in [0.717, 1.165) is 5.57 Å². The molecule has 0 heterocycles. The van der Waals surface area contributed by atoms with E-state index in [1.807, 2.05) is 13.0 Å². The van der Waals surface area contributed by atoms with Crippen LogP contribution in [0.5, 0.6) is 0 Å². The largest absolute Gasteiger partial charge is 0.459 e. The van der Waals surface area contributed by atoms with Gasteiger partial charge < -0.3 is 9.47 Å². The quantitative estimate of drug-likeness (QED) is 0.616. The summed E-state index contributed by atoms with van der Waals surface area (Å²) in [5.74, 6) is -2.23. The van der Waals surface area contributed by atoms with Crippen molar-refractivity contribution in [1.82, 2.24) is 0 Å². The fraction of sp³-hybridized carbons (Fsp3) is 0.600. The van der Waals surface area contributed by atoms with Gasteiger partial charge in [0.2, 0.25) is 0 Å². The number of rotatable bonds is 4. The highest BCUT2D eigenvalue weighted by molar-refractivity contribution is 6.01. The minimum Gasteiger partial charge on any atom is -0.459 e. The van der Waals surface area contributed by atoms with E-state index in [9.17, 15) is 19.2 Å². The Morgan fingerprint density at radius 3 is 2.53 bits per heavy atom. The van der Waals surface area contributed by atoms with E-state index in [0.29, 0.717) is 24.8 Å². The normalized spacial score (nSPS) is 39.8. The van der Waals surface area contributed by atoms with Crippen LogP contribution in [0.3, 0.4) is 0 Å². The third-order valence-corrected chi connectivity index (χ3v) is 8.21. The predicted octanol–water partition coefficient (Wildman–Crippen LogP) is 3.60. The lowest BCUT2D eigenvalue weighted by molar-refractivity contribution is -0.206. The topological polar surface area (TPSA) is 86.7 Å². The zero-order chi connectivity index (χ0) is 23.5. The van der Waals surface area contributed by atoms with Gasteiger partial charge in [-0.1, -0.05) is 24.6 Å². The molecule has 32 heavy (non-hydrogen) atoms. The minimum atomic E-state index is -1.91. The molecule has 172 valence electrons. The zero-order valence-electron chi connectivity index (χ0n) is 18.9. The van der Waals surface area contributed by atoms with Crippen molar-refractivity contribution in [1.29, 1.82) is 0 Å². The number of carbonyl (C=O) groups excluding carboxylic acids is 4. The molecule has 0 aromatic rings. The summed E-state index contributed by atoms with van der Waals surface area (Å²) in [6.45, 7) is 5.84. The summed E-state index contributed by atoms with van der Waals surface area (Å²) in [5, 5.41) is 0. The molecule has 4 aliphatic rings. The number of alkyl halides is 1. The van der Waals surface area contributed by atoms with Crippen LogP contribution >= 0.6 is 0 Å². The van der Waals surface area contributed by atoms with Gasteiger partial charge in [-0.15, -0.1) is 0 Å². The summed E-state index contributed by atoms with van der Waals surface area (Å²) >= 11 is 0. The number of carbonyl (C=O) groups is 4. The minimum absolute atomic E-state index is 0.145. The molecule has 0 unspecified atom stereocenters. The third-order valence-electron chi connectivity index (χ3n) is 8.21. The highest BCUT2D eigenvalue weighted by Crippen LogP contribution is 2.68. The molecule has 2 fully saturated rings. The van der Waals surface area contributed by atoms with Crippen LogP contribution in [0.2, 0.25) is 0 Å². The number of ether oxygens (including phenoxy) is 2.